The standard InChI is InChI=1S/C12H13ClN2O2/c1-15-11(16)6-10(12(15)17)14-7-8-3-2-4-9(13)5-8/h2-5,10,14H,6-7H2,1H3. The fourth-order valence-corrected chi connectivity index (χ4v) is 2.02. The summed E-state index contributed by atoms with van der Waals surface area (Å²) in [4.78, 5) is 24.1. The van der Waals surface area contributed by atoms with Gasteiger partial charge in [0.25, 0.3) is 0 Å². The van der Waals surface area contributed by atoms with Crippen LogP contribution < -0.4 is 5.32 Å². The van der Waals surface area contributed by atoms with E-state index in [-0.39, 0.29) is 18.2 Å². The van der Waals surface area contributed by atoms with Gasteiger partial charge in [-0.25, -0.2) is 0 Å². The summed E-state index contributed by atoms with van der Waals surface area (Å²) in [6, 6.07) is 6.99. The Morgan fingerprint density at radius 3 is 2.82 bits per heavy atom. The minimum atomic E-state index is -0.411. The maximum atomic E-state index is 11.6. The second-order valence-corrected chi connectivity index (χ2v) is 4.49. The highest BCUT2D eigenvalue weighted by Gasteiger charge is 2.35. The third-order valence-corrected chi connectivity index (χ3v) is 3.06. The minimum Gasteiger partial charge on any atom is -0.301 e. The van der Waals surface area contributed by atoms with Crippen LogP contribution in [0.15, 0.2) is 24.3 Å². The zero-order valence-electron chi connectivity index (χ0n) is 9.44. The molecule has 1 unspecified atom stereocenters. The molecule has 1 aromatic carbocycles. The second-order valence-electron chi connectivity index (χ2n) is 4.06. The van der Waals surface area contributed by atoms with Gasteiger partial charge in [0.1, 0.15) is 0 Å². The van der Waals surface area contributed by atoms with Crippen LogP contribution in [0.2, 0.25) is 5.02 Å². The Morgan fingerprint density at radius 2 is 2.24 bits per heavy atom. The molecule has 90 valence electrons. The molecule has 2 rings (SSSR count). The number of carbonyl (C=O) groups excluding carboxylic acids is 2. The van der Waals surface area contributed by atoms with Gasteiger partial charge < -0.3 is 5.32 Å². The van der Waals surface area contributed by atoms with Crippen LogP contribution in [0.5, 0.6) is 0 Å². The van der Waals surface area contributed by atoms with E-state index in [9.17, 15) is 9.59 Å². The van der Waals surface area contributed by atoms with Crippen LogP contribution in [0.25, 0.3) is 0 Å². The molecule has 0 radical (unpaired) electrons. The number of benzene rings is 1. The molecular weight excluding hydrogens is 240 g/mol. The van der Waals surface area contributed by atoms with E-state index in [1.54, 1.807) is 6.07 Å². The Balaban J connectivity index is 1.95. The molecule has 2 amide bonds. The molecule has 1 aliphatic rings. The highest BCUT2D eigenvalue weighted by atomic mass is 35.5. The molecular formula is C12H13ClN2O2. The van der Waals surface area contributed by atoms with Gasteiger partial charge in [-0.05, 0) is 17.7 Å². The normalized spacial score (nSPS) is 20.1. The fraction of sp³-hybridized carbons (Fsp3) is 0.333. The first-order chi connectivity index (χ1) is 8.08. The third-order valence-electron chi connectivity index (χ3n) is 2.82. The Kier molecular flexibility index (Phi) is 3.45. The first kappa shape index (κ1) is 12.1. The maximum Gasteiger partial charge on any atom is 0.246 e. The molecule has 0 bridgehead atoms. The van der Waals surface area contributed by atoms with Crippen molar-refractivity contribution in [1.29, 1.82) is 0 Å². The number of halogens is 1. The summed E-state index contributed by atoms with van der Waals surface area (Å²) in [5.41, 5.74) is 0.993. The Labute approximate surface area is 105 Å². The number of hydrogen-bond donors (Lipinski definition) is 1. The number of likely N-dealkylation sites (tertiary alicyclic amines) is 1. The molecule has 17 heavy (non-hydrogen) atoms. The number of imide groups is 1. The number of hydrogen-bond acceptors (Lipinski definition) is 3. The summed E-state index contributed by atoms with van der Waals surface area (Å²) >= 11 is 5.86. The second kappa shape index (κ2) is 4.85. The lowest BCUT2D eigenvalue weighted by molar-refractivity contribution is -0.137. The van der Waals surface area contributed by atoms with E-state index in [2.05, 4.69) is 5.32 Å². The summed E-state index contributed by atoms with van der Waals surface area (Å²) < 4.78 is 0. The lowest BCUT2D eigenvalue weighted by Crippen LogP contribution is -2.36. The summed E-state index contributed by atoms with van der Waals surface area (Å²) in [6.45, 7) is 0.526. The molecule has 0 aliphatic carbocycles. The number of rotatable bonds is 3. The summed E-state index contributed by atoms with van der Waals surface area (Å²) in [5, 5.41) is 3.73. The number of amides is 2. The number of carbonyl (C=O) groups is 2. The average Bonchev–Trinajstić information content (AvgIpc) is 2.54. The van der Waals surface area contributed by atoms with Crippen molar-refractivity contribution in [3.63, 3.8) is 0 Å². The lowest BCUT2D eigenvalue weighted by Gasteiger charge is -2.11. The van der Waals surface area contributed by atoms with Crippen molar-refractivity contribution < 1.29 is 9.59 Å². The van der Waals surface area contributed by atoms with Crippen LogP contribution in [-0.4, -0.2) is 29.8 Å². The van der Waals surface area contributed by atoms with Crippen LogP contribution in [0.4, 0.5) is 0 Å². The molecule has 1 atom stereocenters. The average molecular weight is 253 g/mol. The Bertz CT molecular complexity index is 462. The molecule has 0 spiro atoms. The van der Waals surface area contributed by atoms with Gasteiger partial charge in [-0.15, -0.1) is 0 Å². The fourth-order valence-electron chi connectivity index (χ4n) is 1.80. The number of nitrogens with one attached hydrogen (secondary N) is 1. The van der Waals surface area contributed by atoms with Crippen LogP contribution in [0.3, 0.4) is 0 Å². The van der Waals surface area contributed by atoms with Gasteiger partial charge in [0.2, 0.25) is 11.8 Å². The number of nitrogens with zero attached hydrogens (tertiary/aromatic N) is 1. The maximum absolute atomic E-state index is 11.6. The van der Waals surface area contributed by atoms with Gasteiger partial charge in [0.15, 0.2) is 0 Å². The van der Waals surface area contributed by atoms with Gasteiger partial charge in [-0.1, -0.05) is 23.7 Å². The Hall–Kier alpha value is -1.39. The molecule has 0 aromatic heterocycles. The van der Waals surface area contributed by atoms with E-state index >= 15 is 0 Å². The summed E-state index contributed by atoms with van der Waals surface area (Å²) in [7, 11) is 1.51. The van der Waals surface area contributed by atoms with E-state index < -0.39 is 6.04 Å². The van der Waals surface area contributed by atoms with Gasteiger partial charge in [0, 0.05) is 18.6 Å². The van der Waals surface area contributed by atoms with Crippen LogP contribution in [0.1, 0.15) is 12.0 Å². The van der Waals surface area contributed by atoms with Crippen molar-refractivity contribution >= 4 is 23.4 Å². The third kappa shape index (κ3) is 2.65. The van der Waals surface area contributed by atoms with Gasteiger partial charge in [0.05, 0.1) is 12.5 Å². The van der Waals surface area contributed by atoms with Crippen molar-refractivity contribution in [2.75, 3.05) is 7.05 Å². The van der Waals surface area contributed by atoms with Gasteiger partial charge >= 0.3 is 0 Å². The van der Waals surface area contributed by atoms with Gasteiger partial charge in [-0.2, -0.15) is 0 Å². The molecule has 1 heterocycles. The van der Waals surface area contributed by atoms with Crippen molar-refractivity contribution in [2.45, 2.75) is 19.0 Å². The molecule has 1 aliphatic heterocycles. The molecule has 1 N–H and O–H groups in total. The summed E-state index contributed by atoms with van der Waals surface area (Å²) in [6.07, 6.45) is 0.232. The van der Waals surface area contributed by atoms with Crippen LogP contribution in [-0.2, 0) is 16.1 Å². The van der Waals surface area contributed by atoms with Crippen molar-refractivity contribution in [3.05, 3.63) is 34.9 Å². The molecule has 1 aromatic rings. The van der Waals surface area contributed by atoms with E-state index in [0.29, 0.717) is 11.6 Å². The largest absolute Gasteiger partial charge is 0.301 e. The number of likely N-dealkylation sites (N-methyl/N-ethyl adjacent to an activating group) is 1. The molecule has 0 saturated carbocycles. The monoisotopic (exact) mass is 252 g/mol. The van der Waals surface area contributed by atoms with Crippen LogP contribution in [0, 0.1) is 0 Å². The smallest absolute Gasteiger partial charge is 0.246 e. The van der Waals surface area contributed by atoms with Crippen molar-refractivity contribution in [3.8, 4) is 0 Å². The highest BCUT2D eigenvalue weighted by molar-refractivity contribution is 6.30. The molecule has 1 saturated heterocycles. The Morgan fingerprint density at radius 1 is 1.47 bits per heavy atom. The highest BCUT2D eigenvalue weighted by Crippen LogP contribution is 2.13. The lowest BCUT2D eigenvalue weighted by atomic mass is 10.2. The zero-order chi connectivity index (χ0) is 12.4. The molecule has 5 heteroatoms. The first-order valence-electron chi connectivity index (χ1n) is 5.36. The van der Waals surface area contributed by atoms with Gasteiger partial charge in [-0.3, -0.25) is 14.5 Å². The predicted molar refractivity (Wildman–Crippen MR) is 64.5 cm³/mol. The van der Waals surface area contributed by atoms with E-state index in [1.807, 2.05) is 18.2 Å². The summed E-state index contributed by atoms with van der Waals surface area (Å²) in [5.74, 6) is -0.310. The first-order valence-corrected chi connectivity index (χ1v) is 5.74. The molecule has 4 nitrogen and oxygen atoms in total. The van der Waals surface area contributed by atoms with E-state index in [1.165, 1.54) is 7.05 Å². The minimum absolute atomic E-state index is 0.140. The van der Waals surface area contributed by atoms with E-state index in [4.69, 9.17) is 11.6 Å². The van der Waals surface area contributed by atoms with E-state index in [0.717, 1.165) is 10.5 Å². The predicted octanol–water partition coefficient (Wildman–Crippen LogP) is 1.19. The van der Waals surface area contributed by atoms with Crippen LogP contribution >= 0.6 is 11.6 Å². The SMILES string of the molecule is CN1C(=O)CC(NCc2cccc(Cl)c2)C1=O. The van der Waals surface area contributed by atoms with Crippen molar-refractivity contribution in [1.82, 2.24) is 10.2 Å². The quantitative estimate of drug-likeness (QED) is 0.822. The zero-order valence-corrected chi connectivity index (χ0v) is 10.2. The topological polar surface area (TPSA) is 49.4 Å². The van der Waals surface area contributed by atoms with Crippen molar-refractivity contribution in [2.24, 2.45) is 0 Å². The molecule has 1 fully saturated rings.